The normalized spacial score (nSPS) is 22.0. The zero-order valence-electron chi connectivity index (χ0n) is 15.4. The summed E-state index contributed by atoms with van der Waals surface area (Å²) < 4.78 is 0. The van der Waals surface area contributed by atoms with Crippen LogP contribution in [0.4, 0.5) is 5.69 Å². The molecule has 2 unspecified atom stereocenters. The second kappa shape index (κ2) is 7.85. The molecule has 134 valence electrons. The number of hydrogen-bond acceptors (Lipinski definition) is 4. The predicted octanol–water partition coefficient (Wildman–Crippen LogP) is 2.64. The highest BCUT2D eigenvalue weighted by Gasteiger charge is 2.32. The fourth-order valence-corrected chi connectivity index (χ4v) is 3.77. The van der Waals surface area contributed by atoms with Crippen molar-refractivity contribution in [1.82, 2.24) is 10.2 Å². The van der Waals surface area contributed by atoms with E-state index >= 15 is 0 Å². The van der Waals surface area contributed by atoms with Crippen molar-refractivity contribution in [3.05, 3.63) is 29.8 Å². The molecule has 1 saturated carbocycles. The van der Waals surface area contributed by atoms with Crippen LogP contribution in [0.25, 0.3) is 0 Å². The van der Waals surface area contributed by atoms with Crippen molar-refractivity contribution < 1.29 is 5.11 Å². The zero-order valence-corrected chi connectivity index (χ0v) is 15.4. The molecule has 3 rings (SSSR count). The van der Waals surface area contributed by atoms with Crippen molar-refractivity contribution >= 4 is 5.69 Å². The van der Waals surface area contributed by atoms with Crippen LogP contribution >= 0.6 is 0 Å². The second-order valence-corrected chi connectivity index (χ2v) is 7.81. The Morgan fingerprint density at radius 1 is 1.12 bits per heavy atom. The number of piperidine rings is 1. The molecule has 1 saturated heterocycles. The fraction of sp³-hybridized carbons (Fsp3) is 0.700. The summed E-state index contributed by atoms with van der Waals surface area (Å²) in [5, 5.41) is 13.4. The molecule has 24 heavy (non-hydrogen) atoms. The lowest BCUT2D eigenvalue weighted by Crippen LogP contribution is -2.40. The maximum Gasteiger partial charge on any atom is 0.0574 e. The van der Waals surface area contributed by atoms with Crippen molar-refractivity contribution in [2.45, 2.75) is 50.8 Å². The van der Waals surface area contributed by atoms with Crippen molar-refractivity contribution in [2.75, 3.05) is 38.6 Å². The molecule has 0 radical (unpaired) electrons. The van der Waals surface area contributed by atoms with Crippen LogP contribution in [0.15, 0.2) is 24.3 Å². The van der Waals surface area contributed by atoms with Crippen molar-refractivity contribution in [3.63, 3.8) is 0 Å². The summed E-state index contributed by atoms with van der Waals surface area (Å²) in [4.78, 5) is 4.75. The lowest BCUT2D eigenvalue weighted by atomic mass is 10.0. The first-order valence-electron chi connectivity index (χ1n) is 9.47. The van der Waals surface area contributed by atoms with Gasteiger partial charge in [0.1, 0.15) is 0 Å². The third-order valence-electron chi connectivity index (χ3n) is 5.69. The van der Waals surface area contributed by atoms with Crippen LogP contribution in [0, 0.1) is 5.92 Å². The number of anilines is 1. The molecule has 2 aliphatic rings. The minimum absolute atomic E-state index is 0.110. The Balaban J connectivity index is 1.52. The van der Waals surface area contributed by atoms with Crippen LogP contribution in [0.1, 0.15) is 44.2 Å². The predicted molar refractivity (Wildman–Crippen MR) is 101 cm³/mol. The van der Waals surface area contributed by atoms with Crippen LogP contribution in [-0.4, -0.2) is 55.9 Å². The number of nitrogens with zero attached hydrogens (tertiary/aromatic N) is 2. The highest BCUT2D eigenvalue weighted by atomic mass is 16.3. The van der Waals surface area contributed by atoms with Crippen molar-refractivity contribution in [2.24, 2.45) is 5.92 Å². The van der Waals surface area contributed by atoms with E-state index in [9.17, 15) is 5.11 Å². The molecule has 0 aromatic heterocycles. The molecule has 1 aliphatic carbocycles. The van der Waals surface area contributed by atoms with E-state index in [0.717, 1.165) is 38.4 Å². The quantitative estimate of drug-likeness (QED) is 0.806. The Labute approximate surface area is 146 Å². The van der Waals surface area contributed by atoms with Gasteiger partial charge in [0.05, 0.1) is 6.10 Å². The third kappa shape index (κ3) is 4.50. The summed E-state index contributed by atoms with van der Waals surface area (Å²) in [5.41, 5.74) is 2.63. The van der Waals surface area contributed by atoms with Gasteiger partial charge in [0.15, 0.2) is 0 Å². The number of aliphatic hydroxyl groups is 1. The smallest absolute Gasteiger partial charge is 0.0574 e. The summed E-state index contributed by atoms with van der Waals surface area (Å²) in [5.74, 6) is 0.886. The Bertz CT molecular complexity index is 502. The lowest BCUT2D eigenvalue weighted by Gasteiger charge is -2.31. The van der Waals surface area contributed by atoms with Gasteiger partial charge in [0.2, 0.25) is 0 Å². The van der Waals surface area contributed by atoms with Gasteiger partial charge in [0.25, 0.3) is 0 Å². The molecule has 1 aromatic rings. The van der Waals surface area contributed by atoms with E-state index in [4.69, 9.17) is 0 Å². The number of hydrogen-bond donors (Lipinski definition) is 2. The van der Waals surface area contributed by atoms with E-state index < -0.39 is 0 Å². The van der Waals surface area contributed by atoms with Crippen LogP contribution in [0.3, 0.4) is 0 Å². The molecule has 1 aliphatic heterocycles. The second-order valence-electron chi connectivity index (χ2n) is 7.81. The topological polar surface area (TPSA) is 38.7 Å². The Morgan fingerprint density at radius 3 is 2.29 bits per heavy atom. The van der Waals surface area contributed by atoms with Gasteiger partial charge >= 0.3 is 0 Å². The van der Waals surface area contributed by atoms with Gasteiger partial charge < -0.3 is 20.2 Å². The Kier molecular flexibility index (Phi) is 5.80. The van der Waals surface area contributed by atoms with E-state index in [1.165, 1.54) is 24.1 Å². The maximum atomic E-state index is 9.64. The Morgan fingerprint density at radius 2 is 1.75 bits per heavy atom. The largest absolute Gasteiger partial charge is 0.393 e. The van der Waals surface area contributed by atoms with Gasteiger partial charge in [0, 0.05) is 37.4 Å². The van der Waals surface area contributed by atoms with Crippen LogP contribution in [0.5, 0.6) is 0 Å². The van der Waals surface area contributed by atoms with Crippen LogP contribution in [0.2, 0.25) is 0 Å². The molecule has 1 aromatic carbocycles. The molecule has 0 spiro atoms. The van der Waals surface area contributed by atoms with E-state index in [1.54, 1.807) is 0 Å². The molecular weight excluding hydrogens is 298 g/mol. The first kappa shape index (κ1) is 17.7. The minimum atomic E-state index is -0.110. The van der Waals surface area contributed by atoms with Gasteiger partial charge in [-0.05, 0) is 70.3 Å². The van der Waals surface area contributed by atoms with E-state index in [0.29, 0.717) is 12.1 Å². The first-order valence-corrected chi connectivity index (χ1v) is 9.47. The maximum absolute atomic E-state index is 9.64. The van der Waals surface area contributed by atoms with E-state index in [2.05, 4.69) is 60.4 Å². The number of rotatable bonds is 7. The molecule has 0 amide bonds. The number of benzene rings is 1. The van der Waals surface area contributed by atoms with Crippen molar-refractivity contribution in [3.8, 4) is 0 Å². The van der Waals surface area contributed by atoms with Gasteiger partial charge in [-0.2, -0.15) is 0 Å². The zero-order chi connectivity index (χ0) is 17.1. The molecule has 1 heterocycles. The first-order chi connectivity index (χ1) is 11.5. The Hall–Kier alpha value is -1.10. The highest BCUT2D eigenvalue weighted by Crippen LogP contribution is 2.34. The molecule has 2 atom stereocenters. The highest BCUT2D eigenvalue weighted by molar-refractivity contribution is 5.48. The number of aliphatic hydroxyl groups excluding tert-OH is 1. The summed E-state index contributed by atoms with van der Waals surface area (Å²) in [6.45, 7) is 5.23. The molecule has 4 nitrogen and oxygen atoms in total. The summed E-state index contributed by atoms with van der Waals surface area (Å²) in [6, 6.07) is 10.00. The monoisotopic (exact) mass is 331 g/mol. The molecule has 4 heteroatoms. The molecule has 2 fully saturated rings. The minimum Gasteiger partial charge on any atom is -0.393 e. The van der Waals surface area contributed by atoms with Gasteiger partial charge in [-0.3, -0.25) is 0 Å². The van der Waals surface area contributed by atoms with Crippen LogP contribution < -0.4 is 10.2 Å². The fourth-order valence-electron chi connectivity index (χ4n) is 3.77. The number of likely N-dealkylation sites (N-methyl/N-ethyl adjacent to an activating group) is 1. The SMILES string of the molecule is CC(NCC(C1CC1)N(C)C)c1ccc(N2CCC(O)CC2)cc1. The molecule has 2 N–H and O–H groups in total. The summed E-state index contributed by atoms with van der Waals surface area (Å²) in [6.07, 6.45) is 4.43. The standard InChI is InChI=1S/C20H33N3O/c1-15(21-14-20(22(2)3)17-4-5-17)16-6-8-18(9-7-16)23-12-10-19(24)11-13-23/h6-9,15,17,19-21,24H,4-5,10-14H2,1-3H3. The summed E-state index contributed by atoms with van der Waals surface area (Å²) in [7, 11) is 4.39. The van der Waals surface area contributed by atoms with E-state index in [1.807, 2.05) is 0 Å². The third-order valence-corrected chi connectivity index (χ3v) is 5.69. The lowest BCUT2D eigenvalue weighted by molar-refractivity contribution is 0.145. The van der Waals surface area contributed by atoms with E-state index in [-0.39, 0.29) is 6.10 Å². The van der Waals surface area contributed by atoms with Gasteiger partial charge in [-0.25, -0.2) is 0 Å². The van der Waals surface area contributed by atoms with Crippen molar-refractivity contribution in [1.29, 1.82) is 0 Å². The van der Waals surface area contributed by atoms with Gasteiger partial charge in [-0.1, -0.05) is 12.1 Å². The average Bonchev–Trinajstić information content (AvgIpc) is 3.40. The van der Waals surface area contributed by atoms with Gasteiger partial charge in [-0.15, -0.1) is 0 Å². The number of nitrogens with one attached hydrogen (secondary N) is 1. The molecule has 0 bridgehead atoms. The van der Waals surface area contributed by atoms with Crippen LogP contribution in [-0.2, 0) is 0 Å². The summed E-state index contributed by atoms with van der Waals surface area (Å²) >= 11 is 0. The molecular formula is C20H33N3O. The average molecular weight is 332 g/mol.